The van der Waals surface area contributed by atoms with Crippen LogP contribution in [0.1, 0.15) is 96.1 Å². The maximum atomic E-state index is 14.2. The summed E-state index contributed by atoms with van der Waals surface area (Å²) in [5.41, 5.74) is 2.34. The molecular weight excluding hydrogens is 570 g/mol. The van der Waals surface area contributed by atoms with E-state index in [1.54, 1.807) is 4.90 Å². The van der Waals surface area contributed by atoms with Gasteiger partial charge in [0.1, 0.15) is 12.1 Å². The molecular formula is C35H53N5O5. The van der Waals surface area contributed by atoms with Gasteiger partial charge in [-0.05, 0) is 62.0 Å². The lowest BCUT2D eigenvalue weighted by atomic mass is 9.94. The van der Waals surface area contributed by atoms with Crippen LogP contribution in [-0.4, -0.2) is 71.7 Å². The van der Waals surface area contributed by atoms with Gasteiger partial charge in [0.15, 0.2) is 0 Å². The van der Waals surface area contributed by atoms with Crippen molar-refractivity contribution in [3.05, 3.63) is 48.0 Å². The van der Waals surface area contributed by atoms with Gasteiger partial charge in [-0.15, -0.1) is 6.58 Å². The molecule has 0 spiro atoms. The van der Waals surface area contributed by atoms with Crippen LogP contribution in [0.3, 0.4) is 0 Å². The molecule has 3 atom stereocenters. The van der Waals surface area contributed by atoms with Gasteiger partial charge in [-0.3, -0.25) is 19.2 Å². The fourth-order valence-electron chi connectivity index (χ4n) is 6.54. The van der Waals surface area contributed by atoms with E-state index < -0.39 is 35.7 Å². The molecule has 2 aliphatic carbocycles. The van der Waals surface area contributed by atoms with Gasteiger partial charge in [0.05, 0.1) is 6.04 Å². The molecule has 0 radical (unpaired) electrons. The first-order chi connectivity index (χ1) is 21.7. The van der Waals surface area contributed by atoms with Crippen molar-refractivity contribution in [2.45, 2.75) is 122 Å². The Hall–Kier alpha value is -3.69. The Kier molecular flexibility index (Phi) is 14.6. The highest BCUT2D eigenvalue weighted by atomic mass is 16.2. The first-order valence-corrected chi connectivity index (χ1v) is 16.9. The smallest absolute Gasteiger partial charge is 0.315 e. The average molecular weight is 624 g/mol. The number of urea groups is 1. The van der Waals surface area contributed by atoms with Gasteiger partial charge in [-0.1, -0.05) is 83.2 Å². The van der Waals surface area contributed by atoms with Gasteiger partial charge in [0.25, 0.3) is 5.91 Å². The number of hydrogen-bond donors (Lipinski definition) is 4. The van der Waals surface area contributed by atoms with Gasteiger partial charge in [0, 0.05) is 19.1 Å². The zero-order valence-electron chi connectivity index (χ0n) is 27.4. The van der Waals surface area contributed by atoms with E-state index in [0.29, 0.717) is 45.1 Å². The monoisotopic (exact) mass is 623 g/mol. The second-order valence-electron chi connectivity index (χ2n) is 12.5. The molecule has 1 saturated heterocycles. The molecule has 248 valence electrons. The molecule has 1 heterocycles. The first-order valence-electron chi connectivity index (χ1n) is 16.9. The van der Waals surface area contributed by atoms with Crippen LogP contribution >= 0.6 is 0 Å². The molecule has 2 fully saturated rings. The van der Waals surface area contributed by atoms with Crippen LogP contribution in [0.4, 0.5) is 4.79 Å². The van der Waals surface area contributed by atoms with E-state index >= 15 is 0 Å². The van der Waals surface area contributed by atoms with Crippen LogP contribution in [0.5, 0.6) is 0 Å². The lowest BCUT2D eigenvalue weighted by Crippen LogP contribution is -2.59. The summed E-state index contributed by atoms with van der Waals surface area (Å²) >= 11 is 0. The molecule has 1 aromatic rings. The Morgan fingerprint density at radius 3 is 2.18 bits per heavy atom. The van der Waals surface area contributed by atoms with E-state index in [4.69, 9.17) is 0 Å². The number of nitrogens with one attached hydrogen (secondary N) is 4. The van der Waals surface area contributed by atoms with Crippen molar-refractivity contribution < 1.29 is 24.0 Å². The van der Waals surface area contributed by atoms with E-state index in [2.05, 4.69) is 53.8 Å². The summed E-state index contributed by atoms with van der Waals surface area (Å²) in [7, 11) is 0. The van der Waals surface area contributed by atoms with E-state index in [-0.39, 0.29) is 30.4 Å². The summed E-state index contributed by atoms with van der Waals surface area (Å²) in [5.74, 6) is -2.37. The normalized spacial score (nSPS) is 19.3. The van der Waals surface area contributed by atoms with Crippen LogP contribution in [0, 0.1) is 5.92 Å². The van der Waals surface area contributed by atoms with Crippen LogP contribution in [0.2, 0.25) is 0 Å². The Morgan fingerprint density at radius 1 is 0.933 bits per heavy atom. The third kappa shape index (κ3) is 10.2. The molecule has 3 aliphatic rings. The van der Waals surface area contributed by atoms with Gasteiger partial charge >= 0.3 is 6.03 Å². The largest absolute Gasteiger partial charge is 0.346 e. The van der Waals surface area contributed by atoms with Crippen molar-refractivity contribution in [2.75, 3.05) is 13.1 Å². The second kappa shape index (κ2) is 18.3. The lowest BCUT2D eigenvalue weighted by molar-refractivity contribution is -0.143. The number of Topliss-reactive ketones (excluding diaryl/α,β-unsaturated/α-hetero) is 1. The van der Waals surface area contributed by atoms with Crippen molar-refractivity contribution in [3.63, 3.8) is 0 Å². The summed E-state index contributed by atoms with van der Waals surface area (Å²) in [4.78, 5) is 67.4. The number of likely N-dealkylation sites (tertiary alicyclic amines) is 1. The topological polar surface area (TPSA) is 137 Å². The standard InChI is InChI=1S/C32H45N5O5.C3H8/c1-3-11-25(28(38)30(40)33-17-4-2)35-29(39)26-16-10-18-37(26)31(41)27(23-19-21-12-8-9-13-22(21)20-23)36-32(42)34-24-14-6-5-7-15-24;1-3-2/h4,8-9,12-13,23-27H,2-3,5-7,10-11,14-20H2,1H3,(H,33,40)(H,35,39)(H2,34,36,42);3H2,1-2H3/t25?,26?,27-;/m0./s1. The second-order valence-corrected chi connectivity index (χ2v) is 12.5. The van der Waals surface area contributed by atoms with Crippen molar-refractivity contribution in [1.82, 2.24) is 26.2 Å². The van der Waals surface area contributed by atoms with Crippen LogP contribution in [-0.2, 0) is 32.0 Å². The number of fused-ring (bicyclic) bond motifs is 1. The van der Waals surface area contributed by atoms with Crippen molar-refractivity contribution in [3.8, 4) is 0 Å². The van der Waals surface area contributed by atoms with E-state index in [9.17, 15) is 24.0 Å². The molecule has 0 bridgehead atoms. The van der Waals surface area contributed by atoms with Gasteiger partial charge in [0.2, 0.25) is 17.6 Å². The highest BCUT2D eigenvalue weighted by Crippen LogP contribution is 2.31. The number of carbonyl (C=O) groups excluding carboxylic acids is 5. The minimum atomic E-state index is -0.982. The zero-order valence-corrected chi connectivity index (χ0v) is 27.4. The Morgan fingerprint density at radius 2 is 1.58 bits per heavy atom. The molecule has 10 heteroatoms. The minimum absolute atomic E-state index is 0.0947. The Bertz CT molecular complexity index is 1160. The number of nitrogens with zero attached hydrogens (tertiary/aromatic N) is 1. The number of carbonyl (C=O) groups is 5. The fraction of sp³-hybridized carbons (Fsp3) is 0.629. The predicted molar refractivity (Wildman–Crippen MR) is 175 cm³/mol. The fourth-order valence-corrected chi connectivity index (χ4v) is 6.54. The summed E-state index contributed by atoms with van der Waals surface area (Å²) in [6.07, 6.45) is 11.2. The number of amides is 5. The van der Waals surface area contributed by atoms with E-state index in [1.165, 1.54) is 30.0 Å². The Balaban J connectivity index is 0.00000177. The van der Waals surface area contributed by atoms with E-state index in [1.807, 2.05) is 19.1 Å². The van der Waals surface area contributed by atoms with Crippen LogP contribution in [0.25, 0.3) is 0 Å². The quantitative estimate of drug-likeness (QED) is 0.206. The van der Waals surface area contributed by atoms with Crippen molar-refractivity contribution in [2.24, 2.45) is 5.92 Å². The summed E-state index contributed by atoms with van der Waals surface area (Å²) in [6, 6.07) is 5.25. The van der Waals surface area contributed by atoms with Gasteiger partial charge in [-0.2, -0.15) is 0 Å². The minimum Gasteiger partial charge on any atom is -0.346 e. The number of rotatable bonds is 12. The Labute approximate surface area is 268 Å². The summed E-state index contributed by atoms with van der Waals surface area (Å²) in [6.45, 7) is 10.2. The molecule has 1 aliphatic heterocycles. The molecule has 0 aromatic heterocycles. The highest BCUT2D eigenvalue weighted by Gasteiger charge is 2.43. The highest BCUT2D eigenvalue weighted by molar-refractivity contribution is 6.38. The van der Waals surface area contributed by atoms with Gasteiger partial charge < -0.3 is 26.2 Å². The van der Waals surface area contributed by atoms with Gasteiger partial charge in [-0.25, -0.2) is 4.79 Å². The molecule has 10 nitrogen and oxygen atoms in total. The lowest BCUT2D eigenvalue weighted by Gasteiger charge is -2.33. The summed E-state index contributed by atoms with van der Waals surface area (Å²) in [5, 5.41) is 11.3. The van der Waals surface area contributed by atoms with Crippen molar-refractivity contribution >= 4 is 29.5 Å². The molecule has 1 saturated carbocycles. The molecule has 4 rings (SSSR count). The average Bonchev–Trinajstić information content (AvgIpc) is 3.70. The maximum absolute atomic E-state index is 14.2. The molecule has 45 heavy (non-hydrogen) atoms. The van der Waals surface area contributed by atoms with Crippen molar-refractivity contribution in [1.29, 1.82) is 0 Å². The maximum Gasteiger partial charge on any atom is 0.315 e. The number of ketones is 1. The molecule has 2 unspecified atom stereocenters. The third-order valence-corrected chi connectivity index (χ3v) is 8.73. The van der Waals surface area contributed by atoms with E-state index in [0.717, 1.165) is 25.7 Å². The van der Waals surface area contributed by atoms with Crippen LogP contribution < -0.4 is 21.3 Å². The molecule has 4 N–H and O–H groups in total. The SMILES string of the molecule is C=CCNC(=O)C(=O)C(CCC)NC(=O)C1CCCN1C(=O)[C@@H](NC(=O)NC1CCCCC1)C1Cc2ccccc2C1.CCC. The number of hydrogen-bond acceptors (Lipinski definition) is 5. The molecule has 1 aromatic carbocycles. The first kappa shape index (κ1) is 35.8. The third-order valence-electron chi connectivity index (χ3n) is 8.73. The van der Waals surface area contributed by atoms with Crippen LogP contribution in [0.15, 0.2) is 36.9 Å². The summed E-state index contributed by atoms with van der Waals surface area (Å²) < 4.78 is 0. The number of benzene rings is 1. The molecule has 5 amide bonds. The zero-order chi connectivity index (χ0) is 32.8. The predicted octanol–water partition coefficient (Wildman–Crippen LogP) is 3.97.